The summed E-state index contributed by atoms with van der Waals surface area (Å²) in [6, 6.07) is 2.25. The summed E-state index contributed by atoms with van der Waals surface area (Å²) in [6.07, 6.45) is 2.33. The second-order valence-corrected chi connectivity index (χ2v) is 5.84. The molecule has 56 valence electrons. The van der Waals surface area contributed by atoms with Gasteiger partial charge in [-0.15, -0.1) is 34.9 Å². The third-order valence-corrected chi connectivity index (χ3v) is 5.87. The normalized spacial score (nSPS) is 32.4. The minimum Gasteiger partial charge on any atom is -0.146 e. The maximum atomic E-state index is 2.33. The smallest absolute Gasteiger partial charge is 0.0600 e. The summed E-state index contributed by atoms with van der Waals surface area (Å²) in [6.45, 7) is 0. The largest absolute Gasteiger partial charge is 0.146 e. The van der Waals surface area contributed by atoms with Gasteiger partial charge in [-0.3, -0.25) is 0 Å². The number of hydrogen-bond donors (Lipinski definition) is 0. The molecule has 0 bridgehead atoms. The van der Waals surface area contributed by atoms with Crippen molar-refractivity contribution in [1.82, 2.24) is 0 Å². The molecule has 3 heterocycles. The van der Waals surface area contributed by atoms with Gasteiger partial charge >= 0.3 is 0 Å². The SMILES string of the molecule is C1=CC2Sc3ccsc3C2S1. The van der Waals surface area contributed by atoms with Gasteiger partial charge in [0.25, 0.3) is 0 Å². The van der Waals surface area contributed by atoms with Crippen LogP contribution in [0, 0.1) is 0 Å². The molecule has 0 saturated heterocycles. The maximum absolute atomic E-state index is 2.33. The predicted molar refractivity (Wildman–Crippen MR) is 53.4 cm³/mol. The lowest BCUT2D eigenvalue weighted by molar-refractivity contribution is 1.05. The molecule has 0 spiro atoms. The Labute approximate surface area is 78.1 Å². The molecule has 2 atom stereocenters. The first-order valence-electron chi connectivity index (χ1n) is 3.51. The number of rotatable bonds is 0. The van der Waals surface area contributed by atoms with Gasteiger partial charge in [-0.2, -0.15) is 0 Å². The molecule has 0 saturated carbocycles. The molecule has 0 amide bonds. The van der Waals surface area contributed by atoms with Crippen LogP contribution in [0.4, 0.5) is 0 Å². The zero-order valence-electron chi connectivity index (χ0n) is 5.69. The highest BCUT2D eigenvalue weighted by Gasteiger charge is 2.35. The molecule has 0 fully saturated rings. The molecule has 2 aliphatic rings. The Bertz CT molecular complexity index is 313. The molecule has 2 aliphatic heterocycles. The lowest BCUT2D eigenvalue weighted by Gasteiger charge is -2.04. The topological polar surface area (TPSA) is 0 Å². The van der Waals surface area contributed by atoms with Crippen molar-refractivity contribution in [2.75, 3.05) is 0 Å². The van der Waals surface area contributed by atoms with Gasteiger partial charge in [0.05, 0.1) is 5.25 Å². The second-order valence-electron chi connectivity index (χ2n) is 2.62. The van der Waals surface area contributed by atoms with Crippen LogP contribution in [0.2, 0.25) is 0 Å². The molecule has 11 heavy (non-hydrogen) atoms. The van der Waals surface area contributed by atoms with Crippen LogP contribution in [-0.2, 0) is 0 Å². The fourth-order valence-corrected chi connectivity index (χ4v) is 5.63. The van der Waals surface area contributed by atoms with Crippen molar-refractivity contribution >= 4 is 34.9 Å². The van der Waals surface area contributed by atoms with Crippen molar-refractivity contribution in [1.29, 1.82) is 0 Å². The lowest BCUT2D eigenvalue weighted by atomic mass is 10.2. The van der Waals surface area contributed by atoms with Gasteiger partial charge < -0.3 is 0 Å². The third kappa shape index (κ3) is 0.848. The fourth-order valence-electron chi connectivity index (χ4n) is 1.46. The monoisotopic (exact) mass is 198 g/mol. The molecule has 0 N–H and O–H groups in total. The lowest BCUT2D eigenvalue weighted by Crippen LogP contribution is -1.95. The van der Waals surface area contributed by atoms with Gasteiger partial charge in [-0.1, -0.05) is 6.08 Å². The first-order valence-corrected chi connectivity index (χ1v) is 6.21. The number of hydrogen-bond acceptors (Lipinski definition) is 3. The molecule has 0 aromatic carbocycles. The first-order chi connectivity index (χ1) is 5.45. The minimum atomic E-state index is 0.738. The molecule has 0 nitrogen and oxygen atoms in total. The van der Waals surface area contributed by atoms with E-state index in [2.05, 4.69) is 22.9 Å². The number of thiophene rings is 1. The highest BCUT2D eigenvalue weighted by atomic mass is 32.2. The summed E-state index contributed by atoms with van der Waals surface area (Å²) in [5.74, 6) is 0. The number of thioether (sulfide) groups is 2. The number of fused-ring (bicyclic) bond motifs is 3. The summed E-state index contributed by atoms with van der Waals surface area (Å²) in [5.41, 5.74) is 0. The molecule has 0 radical (unpaired) electrons. The van der Waals surface area contributed by atoms with Gasteiger partial charge in [0.1, 0.15) is 0 Å². The summed E-state index contributed by atoms with van der Waals surface area (Å²) < 4.78 is 0. The van der Waals surface area contributed by atoms with Crippen LogP contribution >= 0.6 is 34.9 Å². The van der Waals surface area contributed by atoms with E-state index in [1.165, 1.54) is 4.90 Å². The molecule has 0 aliphatic carbocycles. The Morgan fingerprint density at radius 1 is 1.36 bits per heavy atom. The van der Waals surface area contributed by atoms with E-state index in [1.807, 2.05) is 34.9 Å². The van der Waals surface area contributed by atoms with Crippen molar-refractivity contribution in [3.63, 3.8) is 0 Å². The minimum absolute atomic E-state index is 0.738. The third-order valence-electron chi connectivity index (χ3n) is 1.97. The second kappa shape index (κ2) is 2.31. The van der Waals surface area contributed by atoms with Crippen molar-refractivity contribution in [2.45, 2.75) is 15.4 Å². The predicted octanol–water partition coefficient (Wildman–Crippen LogP) is 3.52. The van der Waals surface area contributed by atoms with Crippen molar-refractivity contribution in [3.8, 4) is 0 Å². The van der Waals surface area contributed by atoms with Crippen LogP contribution in [-0.4, -0.2) is 5.25 Å². The summed E-state index contributed by atoms with van der Waals surface area (Å²) in [7, 11) is 0. The maximum Gasteiger partial charge on any atom is 0.0600 e. The van der Waals surface area contributed by atoms with Crippen molar-refractivity contribution in [3.05, 3.63) is 27.8 Å². The zero-order valence-corrected chi connectivity index (χ0v) is 8.14. The van der Waals surface area contributed by atoms with Crippen LogP contribution < -0.4 is 0 Å². The molecule has 2 unspecified atom stereocenters. The van der Waals surface area contributed by atoms with E-state index in [0.29, 0.717) is 0 Å². The van der Waals surface area contributed by atoms with Gasteiger partial charge in [0.2, 0.25) is 0 Å². The fraction of sp³-hybridized carbons (Fsp3) is 0.250. The van der Waals surface area contributed by atoms with Gasteiger partial charge in [-0.05, 0) is 16.9 Å². The molecule has 1 aromatic heterocycles. The quantitative estimate of drug-likeness (QED) is 0.625. The Kier molecular flexibility index (Phi) is 1.39. The molecular formula is C8H6S3. The average Bonchev–Trinajstić information content (AvgIpc) is 2.52. The van der Waals surface area contributed by atoms with E-state index in [-0.39, 0.29) is 0 Å². The van der Waals surface area contributed by atoms with Crippen LogP contribution in [0.5, 0.6) is 0 Å². The Morgan fingerprint density at radius 3 is 3.36 bits per heavy atom. The molecule has 3 rings (SSSR count). The van der Waals surface area contributed by atoms with Gasteiger partial charge in [0, 0.05) is 15.0 Å². The Balaban J connectivity index is 2.11. The van der Waals surface area contributed by atoms with E-state index < -0.39 is 0 Å². The van der Waals surface area contributed by atoms with Crippen LogP contribution in [0.1, 0.15) is 10.1 Å². The highest BCUT2D eigenvalue weighted by molar-refractivity contribution is 8.06. The Hall–Kier alpha value is 0.140. The molecular weight excluding hydrogens is 192 g/mol. The summed E-state index contributed by atoms with van der Waals surface area (Å²) in [5, 5.41) is 5.93. The van der Waals surface area contributed by atoms with Crippen LogP contribution in [0.25, 0.3) is 0 Å². The van der Waals surface area contributed by atoms with E-state index in [0.717, 1.165) is 10.5 Å². The highest BCUT2D eigenvalue weighted by Crippen LogP contribution is 2.56. The van der Waals surface area contributed by atoms with Crippen molar-refractivity contribution in [2.24, 2.45) is 0 Å². The Morgan fingerprint density at radius 2 is 2.36 bits per heavy atom. The first kappa shape index (κ1) is 6.63. The van der Waals surface area contributed by atoms with Gasteiger partial charge in [-0.25, -0.2) is 0 Å². The molecule has 1 aromatic rings. The van der Waals surface area contributed by atoms with Crippen LogP contribution in [0.3, 0.4) is 0 Å². The summed E-state index contributed by atoms with van der Waals surface area (Å²) >= 11 is 5.89. The van der Waals surface area contributed by atoms with E-state index in [9.17, 15) is 0 Å². The van der Waals surface area contributed by atoms with Crippen molar-refractivity contribution < 1.29 is 0 Å². The standard InChI is InChI=1S/C8H6S3/c1-3-9-7-5(1)11-6-2-4-10-8(6)7/h1-5,7H. The van der Waals surface area contributed by atoms with E-state index in [1.54, 1.807) is 4.88 Å². The van der Waals surface area contributed by atoms with Crippen LogP contribution in [0.15, 0.2) is 27.8 Å². The van der Waals surface area contributed by atoms with E-state index in [4.69, 9.17) is 0 Å². The molecule has 3 heteroatoms. The van der Waals surface area contributed by atoms with E-state index >= 15 is 0 Å². The average molecular weight is 198 g/mol. The zero-order chi connectivity index (χ0) is 7.26. The summed E-state index contributed by atoms with van der Waals surface area (Å²) in [4.78, 5) is 3.11. The van der Waals surface area contributed by atoms with Gasteiger partial charge in [0.15, 0.2) is 0 Å².